The number of thiophene rings is 1. The van der Waals surface area contributed by atoms with E-state index < -0.39 is 0 Å². The van der Waals surface area contributed by atoms with Crippen LogP contribution >= 0.6 is 34.5 Å². The first kappa shape index (κ1) is 19.3. The van der Waals surface area contributed by atoms with E-state index in [1.54, 1.807) is 0 Å². The van der Waals surface area contributed by atoms with Crippen LogP contribution in [-0.2, 0) is 0 Å². The molecule has 1 amide bonds. The Morgan fingerprint density at radius 2 is 1.46 bits per heavy atom. The maximum absolute atomic E-state index is 13.1. The van der Waals surface area contributed by atoms with Crippen LogP contribution in [0.4, 0.5) is 5.00 Å². The lowest BCUT2D eigenvalue weighted by atomic mass is 9.97. The summed E-state index contributed by atoms with van der Waals surface area (Å²) in [6, 6.07) is 15.3. The quantitative estimate of drug-likeness (QED) is 0.486. The summed E-state index contributed by atoms with van der Waals surface area (Å²) in [4.78, 5) is 14.1. The van der Waals surface area contributed by atoms with Gasteiger partial charge < -0.3 is 11.1 Å². The van der Waals surface area contributed by atoms with Gasteiger partial charge in [0.1, 0.15) is 0 Å². The highest BCUT2D eigenvalue weighted by Gasteiger charge is 2.26. The zero-order valence-electron chi connectivity index (χ0n) is 15.2. The van der Waals surface area contributed by atoms with E-state index in [1.165, 1.54) is 11.3 Å². The second-order valence-corrected chi connectivity index (χ2v) is 8.94. The minimum absolute atomic E-state index is 0.106. The van der Waals surface area contributed by atoms with Gasteiger partial charge >= 0.3 is 0 Å². The minimum atomic E-state index is -0.106. The van der Waals surface area contributed by atoms with Crippen molar-refractivity contribution < 1.29 is 4.79 Å². The van der Waals surface area contributed by atoms with Gasteiger partial charge in [0.2, 0.25) is 0 Å². The maximum atomic E-state index is 13.1. The van der Waals surface area contributed by atoms with Crippen LogP contribution in [0, 0.1) is 0 Å². The van der Waals surface area contributed by atoms with Gasteiger partial charge in [0.15, 0.2) is 0 Å². The van der Waals surface area contributed by atoms with Crippen molar-refractivity contribution >= 4 is 45.4 Å². The molecule has 0 saturated heterocycles. The largest absolute Gasteiger partial charge is 0.390 e. The summed E-state index contributed by atoms with van der Waals surface area (Å²) in [5.41, 5.74) is 9.64. The Morgan fingerprint density at radius 1 is 0.929 bits per heavy atom. The first-order valence-corrected chi connectivity index (χ1v) is 10.8. The van der Waals surface area contributed by atoms with Crippen LogP contribution < -0.4 is 11.1 Å². The average Bonchev–Trinajstić information content (AvgIpc) is 3.30. The average molecular weight is 431 g/mol. The molecule has 144 valence electrons. The Labute approximate surface area is 178 Å². The van der Waals surface area contributed by atoms with Crippen LogP contribution in [0.15, 0.2) is 48.5 Å². The van der Waals surface area contributed by atoms with E-state index >= 15 is 0 Å². The van der Waals surface area contributed by atoms with Gasteiger partial charge in [-0.05, 0) is 48.2 Å². The van der Waals surface area contributed by atoms with E-state index in [4.69, 9.17) is 28.9 Å². The lowest BCUT2D eigenvalue weighted by molar-refractivity contribution is 0.0940. The van der Waals surface area contributed by atoms with Crippen molar-refractivity contribution in [3.63, 3.8) is 0 Å². The van der Waals surface area contributed by atoms with Crippen molar-refractivity contribution in [3.05, 3.63) is 64.1 Å². The zero-order chi connectivity index (χ0) is 19.7. The summed E-state index contributed by atoms with van der Waals surface area (Å²) in [7, 11) is 0. The number of anilines is 1. The molecule has 28 heavy (non-hydrogen) atoms. The highest BCUT2D eigenvalue weighted by molar-refractivity contribution is 7.20. The number of hydrogen-bond acceptors (Lipinski definition) is 3. The zero-order valence-corrected chi connectivity index (χ0v) is 17.5. The molecule has 0 bridgehead atoms. The molecule has 2 aromatic carbocycles. The van der Waals surface area contributed by atoms with Crippen LogP contribution in [-0.4, -0.2) is 11.9 Å². The van der Waals surface area contributed by atoms with Crippen molar-refractivity contribution in [2.24, 2.45) is 0 Å². The fourth-order valence-electron chi connectivity index (χ4n) is 3.70. The number of rotatable bonds is 4. The summed E-state index contributed by atoms with van der Waals surface area (Å²) < 4.78 is 0. The number of carbonyl (C=O) groups excluding carboxylic acids is 1. The van der Waals surface area contributed by atoms with Crippen LogP contribution in [0.3, 0.4) is 0 Å². The SMILES string of the molecule is Nc1sc(-c2ccc(Cl)cc2)c(-c2ccc(Cl)cc2)c1C(=O)NC1CCCC1. The molecule has 0 unspecified atom stereocenters. The predicted molar refractivity (Wildman–Crippen MR) is 119 cm³/mol. The fourth-order valence-corrected chi connectivity index (χ4v) is 5.04. The summed E-state index contributed by atoms with van der Waals surface area (Å²) in [5, 5.41) is 5.01. The van der Waals surface area contributed by atoms with E-state index in [-0.39, 0.29) is 11.9 Å². The number of nitrogens with two attached hydrogens (primary N) is 1. The van der Waals surface area contributed by atoms with Crippen LogP contribution in [0.1, 0.15) is 36.0 Å². The minimum Gasteiger partial charge on any atom is -0.390 e. The van der Waals surface area contributed by atoms with Gasteiger partial charge in [-0.15, -0.1) is 11.3 Å². The molecule has 1 heterocycles. The Kier molecular flexibility index (Phi) is 5.63. The van der Waals surface area contributed by atoms with E-state index in [1.807, 2.05) is 48.5 Å². The molecule has 1 aromatic heterocycles. The number of hydrogen-bond donors (Lipinski definition) is 2. The van der Waals surface area contributed by atoms with Crippen LogP contribution in [0.5, 0.6) is 0 Å². The van der Waals surface area contributed by atoms with Gasteiger partial charge in [-0.1, -0.05) is 60.3 Å². The molecular weight excluding hydrogens is 411 g/mol. The fraction of sp³-hybridized carbons (Fsp3) is 0.227. The first-order valence-electron chi connectivity index (χ1n) is 9.28. The molecule has 1 aliphatic carbocycles. The molecule has 1 fully saturated rings. The van der Waals surface area contributed by atoms with E-state index in [9.17, 15) is 4.79 Å². The van der Waals surface area contributed by atoms with Crippen molar-refractivity contribution in [2.75, 3.05) is 5.73 Å². The van der Waals surface area contributed by atoms with Crippen molar-refractivity contribution in [1.82, 2.24) is 5.32 Å². The van der Waals surface area contributed by atoms with Gasteiger partial charge in [-0.25, -0.2) is 0 Å². The highest BCUT2D eigenvalue weighted by Crippen LogP contribution is 2.45. The number of benzene rings is 2. The lowest BCUT2D eigenvalue weighted by Crippen LogP contribution is -2.33. The molecule has 1 saturated carbocycles. The first-order chi connectivity index (χ1) is 13.5. The summed E-state index contributed by atoms with van der Waals surface area (Å²) in [6.07, 6.45) is 4.36. The third-order valence-corrected chi connectivity index (χ3v) is 6.66. The second kappa shape index (κ2) is 8.16. The number of nitrogen functional groups attached to an aromatic ring is 1. The summed E-state index contributed by atoms with van der Waals surface area (Å²) in [6.45, 7) is 0. The molecule has 6 heteroatoms. The normalized spacial score (nSPS) is 14.4. The number of carbonyl (C=O) groups is 1. The Balaban J connectivity index is 1.83. The smallest absolute Gasteiger partial charge is 0.255 e. The van der Waals surface area contributed by atoms with Crippen LogP contribution in [0.2, 0.25) is 10.0 Å². The number of nitrogens with one attached hydrogen (secondary N) is 1. The molecule has 0 aliphatic heterocycles. The maximum Gasteiger partial charge on any atom is 0.255 e. The molecule has 1 aliphatic rings. The third kappa shape index (κ3) is 3.90. The van der Waals surface area contributed by atoms with Gasteiger partial charge in [-0.3, -0.25) is 4.79 Å². The molecule has 4 rings (SSSR count). The van der Waals surface area contributed by atoms with Gasteiger partial charge in [0.05, 0.1) is 10.6 Å². The molecule has 3 aromatic rings. The molecule has 0 spiro atoms. The Morgan fingerprint density at radius 3 is 2.04 bits per heavy atom. The predicted octanol–water partition coefficient (Wildman–Crippen LogP) is 6.64. The molecular formula is C22H20Cl2N2OS. The monoisotopic (exact) mass is 430 g/mol. The van der Waals surface area contributed by atoms with E-state index in [0.29, 0.717) is 20.6 Å². The van der Waals surface area contributed by atoms with Crippen molar-refractivity contribution in [3.8, 4) is 21.6 Å². The van der Waals surface area contributed by atoms with Gasteiger partial charge in [-0.2, -0.15) is 0 Å². The molecule has 0 radical (unpaired) electrons. The molecule has 0 atom stereocenters. The second-order valence-electron chi connectivity index (χ2n) is 7.01. The summed E-state index contributed by atoms with van der Waals surface area (Å²) in [5.74, 6) is -0.106. The number of amides is 1. The Hall–Kier alpha value is -2.01. The van der Waals surface area contributed by atoms with Crippen molar-refractivity contribution in [1.29, 1.82) is 0 Å². The molecule has 3 N–H and O–H groups in total. The number of halogens is 2. The van der Waals surface area contributed by atoms with Gasteiger partial charge in [0.25, 0.3) is 5.91 Å². The summed E-state index contributed by atoms with van der Waals surface area (Å²) >= 11 is 13.6. The highest BCUT2D eigenvalue weighted by atomic mass is 35.5. The van der Waals surface area contributed by atoms with Crippen LogP contribution in [0.25, 0.3) is 21.6 Å². The topological polar surface area (TPSA) is 55.1 Å². The van der Waals surface area contributed by atoms with E-state index in [2.05, 4.69) is 5.32 Å². The van der Waals surface area contributed by atoms with Crippen molar-refractivity contribution in [2.45, 2.75) is 31.7 Å². The third-order valence-electron chi connectivity index (χ3n) is 5.09. The molecule has 3 nitrogen and oxygen atoms in total. The lowest BCUT2D eigenvalue weighted by Gasteiger charge is -2.14. The van der Waals surface area contributed by atoms with Gasteiger partial charge in [0, 0.05) is 26.5 Å². The van der Waals surface area contributed by atoms with E-state index in [0.717, 1.165) is 47.3 Å². The standard InChI is InChI=1S/C22H20Cl2N2OS/c23-15-9-5-13(6-10-15)18-19(22(27)26-17-3-1-2-4-17)21(25)28-20(18)14-7-11-16(24)12-8-14/h5-12,17H,1-4,25H2,(H,26,27). The Bertz CT molecular complexity index is 991.